The molecule has 8 heavy (non-hydrogen) atoms. The summed E-state index contributed by atoms with van der Waals surface area (Å²) in [6.45, 7) is 0.311. The van der Waals surface area contributed by atoms with Gasteiger partial charge in [0, 0.05) is 6.54 Å². The fraction of sp³-hybridized carbons (Fsp3) is 0.500. The maximum atomic E-state index is 10.2. The van der Waals surface area contributed by atoms with E-state index < -0.39 is 0 Å². The third-order valence-electron chi connectivity index (χ3n) is 0.861. The molecule has 0 atom stereocenters. The van der Waals surface area contributed by atoms with E-state index in [9.17, 15) is 4.79 Å². The van der Waals surface area contributed by atoms with Crippen LogP contribution >= 0.6 is 0 Å². The quantitative estimate of drug-likeness (QED) is 0.456. The number of carbonyl (C=O) groups excluding carboxylic acids is 1. The van der Waals surface area contributed by atoms with Crippen LogP contribution in [0.4, 0.5) is 0 Å². The number of carbonyl (C=O) groups is 1. The molecule has 0 spiro atoms. The van der Waals surface area contributed by atoms with Crippen LogP contribution < -0.4 is 5.73 Å². The van der Waals surface area contributed by atoms with Crippen molar-refractivity contribution in [3.8, 4) is 0 Å². The zero-order valence-electron chi connectivity index (χ0n) is 4.26. The van der Waals surface area contributed by atoms with Crippen LogP contribution in [0.25, 0.3) is 0 Å². The van der Waals surface area contributed by atoms with Gasteiger partial charge in [-0.15, -0.1) is 0 Å². The summed E-state index contributed by atoms with van der Waals surface area (Å²) in [6, 6.07) is 0. The molecule has 0 aromatic rings. The molecule has 0 aliphatic carbocycles. The smallest absolute Gasteiger partial charge is 0.325 e. The van der Waals surface area contributed by atoms with Crippen molar-refractivity contribution in [1.82, 2.24) is 0 Å². The average molecular weight is 114 g/mol. The molecule has 2 N–H and O–H groups in total. The lowest BCUT2D eigenvalue weighted by molar-refractivity contribution is -0.140. The molecule has 0 saturated carbocycles. The molecule has 1 aliphatic heterocycles. The van der Waals surface area contributed by atoms with E-state index in [2.05, 4.69) is 9.99 Å². The van der Waals surface area contributed by atoms with Crippen molar-refractivity contribution in [2.45, 2.75) is 6.42 Å². The van der Waals surface area contributed by atoms with Crippen LogP contribution in [0, 0.1) is 0 Å². The number of hydrogen-bond acceptors (Lipinski definition) is 4. The second-order valence-electron chi connectivity index (χ2n) is 1.50. The highest BCUT2D eigenvalue weighted by molar-refractivity contribution is 6.02. The summed E-state index contributed by atoms with van der Waals surface area (Å²) in [5.74, 6) is -0.314. The highest BCUT2D eigenvalue weighted by Crippen LogP contribution is 1.99. The molecule has 0 aromatic carbocycles. The Kier molecular flexibility index (Phi) is 1.26. The Bertz CT molecular complexity index is 141. The van der Waals surface area contributed by atoms with Crippen molar-refractivity contribution in [2.75, 3.05) is 6.54 Å². The maximum Gasteiger partial charge on any atom is 0.340 e. The predicted octanol–water partition coefficient (Wildman–Crippen LogP) is -0.752. The first kappa shape index (κ1) is 5.24. The van der Waals surface area contributed by atoms with Crippen LogP contribution in [0.2, 0.25) is 0 Å². The third kappa shape index (κ3) is 0.840. The maximum absolute atomic E-state index is 10.2. The summed E-state index contributed by atoms with van der Waals surface area (Å²) < 4.78 is 0. The number of hydrogen-bond donors (Lipinski definition) is 1. The van der Waals surface area contributed by atoms with Crippen molar-refractivity contribution in [3.05, 3.63) is 0 Å². The fourth-order valence-corrected chi connectivity index (χ4v) is 0.456. The van der Waals surface area contributed by atoms with Gasteiger partial charge in [0.15, 0.2) is 0 Å². The molecular weight excluding hydrogens is 108 g/mol. The zero-order valence-corrected chi connectivity index (χ0v) is 4.26. The van der Waals surface area contributed by atoms with Crippen molar-refractivity contribution < 1.29 is 9.63 Å². The molecule has 4 heteroatoms. The lowest BCUT2D eigenvalue weighted by Crippen LogP contribution is -2.12. The molecule has 0 saturated heterocycles. The van der Waals surface area contributed by atoms with Crippen LogP contribution in [0.3, 0.4) is 0 Å². The third-order valence-corrected chi connectivity index (χ3v) is 0.861. The Balaban J connectivity index is 2.49. The first-order valence-electron chi connectivity index (χ1n) is 2.28. The molecule has 1 aliphatic rings. The summed E-state index contributed by atoms with van der Waals surface area (Å²) in [5, 5.41) is 3.38. The second kappa shape index (κ2) is 1.92. The Morgan fingerprint density at radius 2 is 2.62 bits per heavy atom. The lowest BCUT2D eigenvalue weighted by Gasteiger charge is -1.81. The molecule has 0 aromatic heterocycles. The number of nitrogens with zero attached hydrogens (tertiary/aromatic N) is 1. The molecule has 0 radical (unpaired) electrons. The molecule has 0 fully saturated rings. The van der Waals surface area contributed by atoms with E-state index in [0.717, 1.165) is 0 Å². The van der Waals surface area contributed by atoms with Gasteiger partial charge in [-0.05, 0) is 0 Å². The molecular formula is C4H6N2O2. The van der Waals surface area contributed by atoms with E-state index in [4.69, 9.17) is 5.73 Å². The summed E-state index contributed by atoms with van der Waals surface area (Å²) in [4.78, 5) is 14.4. The minimum Gasteiger partial charge on any atom is -0.325 e. The van der Waals surface area contributed by atoms with Gasteiger partial charge in [-0.2, -0.15) is 0 Å². The van der Waals surface area contributed by atoms with Gasteiger partial charge in [-0.25, -0.2) is 4.79 Å². The van der Waals surface area contributed by atoms with E-state index in [1.807, 2.05) is 0 Å². The van der Waals surface area contributed by atoms with Crippen LogP contribution in [0.1, 0.15) is 6.42 Å². The van der Waals surface area contributed by atoms with Gasteiger partial charge < -0.3 is 10.6 Å². The number of nitrogens with two attached hydrogens (primary N) is 1. The zero-order chi connectivity index (χ0) is 5.98. The van der Waals surface area contributed by atoms with E-state index in [0.29, 0.717) is 12.3 Å². The highest BCUT2D eigenvalue weighted by Gasteiger charge is 2.14. The van der Waals surface area contributed by atoms with Crippen molar-refractivity contribution >= 4 is 11.7 Å². The second-order valence-corrected chi connectivity index (χ2v) is 1.50. The van der Waals surface area contributed by atoms with Gasteiger partial charge in [-0.3, -0.25) is 0 Å². The Labute approximate surface area is 46.3 Å². The molecule has 1 rings (SSSR count). The van der Waals surface area contributed by atoms with Gasteiger partial charge in [0.25, 0.3) is 0 Å². The average Bonchev–Trinajstić information content (AvgIpc) is 2.14. The van der Waals surface area contributed by atoms with Gasteiger partial charge in [0.2, 0.25) is 0 Å². The molecule has 1 heterocycles. The summed E-state index contributed by atoms with van der Waals surface area (Å²) in [6.07, 6.45) is 0.260. The van der Waals surface area contributed by atoms with Crippen LogP contribution in [-0.2, 0) is 9.63 Å². The Morgan fingerprint density at radius 1 is 1.88 bits per heavy atom. The molecule has 44 valence electrons. The monoisotopic (exact) mass is 114 g/mol. The first-order chi connectivity index (χ1) is 3.83. The molecule has 0 amide bonds. The van der Waals surface area contributed by atoms with Gasteiger partial charge in [0.05, 0.1) is 12.1 Å². The summed E-state index contributed by atoms with van der Waals surface area (Å²) >= 11 is 0. The van der Waals surface area contributed by atoms with Crippen molar-refractivity contribution in [2.24, 2.45) is 10.9 Å². The summed E-state index contributed by atoms with van der Waals surface area (Å²) in [7, 11) is 0. The van der Waals surface area contributed by atoms with Crippen molar-refractivity contribution in [1.29, 1.82) is 0 Å². The standard InChI is InChI=1S/C4H6N2O2/c5-2-3-1-4(7)8-6-3/h1-2,5H2. The predicted molar refractivity (Wildman–Crippen MR) is 27.2 cm³/mol. The topological polar surface area (TPSA) is 64.7 Å². The summed E-state index contributed by atoms with van der Waals surface area (Å²) in [5.41, 5.74) is 5.75. The normalized spacial score (nSPS) is 18.1. The van der Waals surface area contributed by atoms with Crippen LogP contribution in [-0.4, -0.2) is 18.2 Å². The molecule has 0 bridgehead atoms. The highest BCUT2D eigenvalue weighted by atomic mass is 16.7. The minimum atomic E-state index is -0.314. The number of rotatable bonds is 1. The fourth-order valence-electron chi connectivity index (χ4n) is 0.456. The van der Waals surface area contributed by atoms with E-state index in [1.165, 1.54) is 0 Å². The molecule has 0 unspecified atom stereocenters. The largest absolute Gasteiger partial charge is 0.340 e. The Morgan fingerprint density at radius 3 is 2.88 bits per heavy atom. The first-order valence-corrected chi connectivity index (χ1v) is 2.28. The van der Waals surface area contributed by atoms with Crippen LogP contribution in [0.15, 0.2) is 5.16 Å². The number of oxime groups is 1. The lowest BCUT2D eigenvalue weighted by atomic mass is 10.3. The van der Waals surface area contributed by atoms with E-state index >= 15 is 0 Å². The van der Waals surface area contributed by atoms with E-state index in [1.54, 1.807) is 0 Å². The Hall–Kier alpha value is -0.900. The van der Waals surface area contributed by atoms with Gasteiger partial charge >= 0.3 is 5.97 Å². The van der Waals surface area contributed by atoms with Gasteiger partial charge in [0.1, 0.15) is 0 Å². The van der Waals surface area contributed by atoms with Crippen LogP contribution in [0.5, 0.6) is 0 Å². The minimum absolute atomic E-state index is 0.260. The SMILES string of the molecule is NCC1=NOC(=O)C1. The van der Waals surface area contributed by atoms with E-state index in [-0.39, 0.29) is 12.4 Å². The van der Waals surface area contributed by atoms with Crippen molar-refractivity contribution in [3.63, 3.8) is 0 Å². The van der Waals surface area contributed by atoms with Gasteiger partial charge in [-0.1, -0.05) is 5.16 Å². The molecule has 4 nitrogen and oxygen atoms in total.